The lowest BCUT2D eigenvalue weighted by atomic mass is 10.1. The molecule has 0 atom stereocenters. The van der Waals surface area contributed by atoms with Gasteiger partial charge in [0.15, 0.2) is 0 Å². The average molecular weight is 371 g/mol. The molecule has 4 rings (SSSR count). The minimum atomic E-state index is 0.370. The zero-order valence-electron chi connectivity index (χ0n) is 14.8. The second kappa shape index (κ2) is 7.48. The molecule has 0 unspecified atom stereocenters. The van der Waals surface area contributed by atoms with Crippen LogP contribution in [0.1, 0.15) is 16.7 Å². The second-order valence-corrected chi connectivity index (χ2v) is 6.96. The van der Waals surface area contributed by atoms with Crippen molar-refractivity contribution in [1.82, 2.24) is 9.97 Å². The molecule has 2 aromatic heterocycles. The molecule has 0 aliphatic rings. The minimum absolute atomic E-state index is 0.370. The highest BCUT2D eigenvalue weighted by Crippen LogP contribution is 2.28. The number of nitrogens with one attached hydrogen (secondary N) is 1. The van der Waals surface area contributed by atoms with E-state index in [1.165, 1.54) is 0 Å². The Morgan fingerprint density at radius 3 is 2.81 bits per heavy atom. The van der Waals surface area contributed by atoms with Crippen LogP contribution in [-0.2, 0) is 6.61 Å². The van der Waals surface area contributed by atoms with Gasteiger partial charge in [-0.15, -0.1) is 0 Å². The van der Waals surface area contributed by atoms with Crippen LogP contribution in [0, 0.1) is 18.3 Å². The maximum Gasteiger partial charge on any atom is 0.138 e. The maximum atomic E-state index is 9.19. The van der Waals surface area contributed by atoms with E-state index in [0.29, 0.717) is 12.2 Å². The van der Waals surface area contributed by atoms with Crippen LogP contribution in [-0.4, -0.2) is 9.97 Å². The molecule has 5 heteroatoms. The van der Waals surface area contributed by atoms with Gasteiger partial charge in [-0.05, 0) is 48.2 Å². The van der Waals surface area contributed by atoms with Gasteiger partial charge in [0.2, 0.25) is 0 Å². The van der Waals surface area contributed by atoms with E-state index in [0.717, 1.165) is 39.5 Å². The van der Waals surface area contributed by atoms with Crippen molar-refractivity contribution in [2.75, 3.05) is 0 Å². The lowest BCUT2D eigenvalue weighted by Gasteiger charge is -2.11. The first-order chi connectivity index (χ1) is 13.2. The second-order valence-electron chi connectivity index (χ2n) is 6.18. The normalized spacial score (nSPS) is 10.5. The molecule has 0 fully saturated rings. The Labute approximate surface area is 161 Å². The monoisotopic (exact) mass is 371 g/mol. The van der Waals surface area contributed by atoms with Gasteiger partial charge in [-0.25, -0.2) is 4.98 Å². The van der Waals surface area contributed by atoms with E-state index in [1.807, 2.05) is 48.8 Å². The molecular weight excluding hydrogens is 354 g/mol. The molecule has 0 radical (unpaired) electrons. The van der Waals surface area contributed by atoms with Gasteiger partial charge < -0.3 is 9.72 Å². The first-order valence-electron chi connectivity index (χ1n) is 8.54. The zero-order valence-corrected chi connectivity index (χ0v) is 15.6. The van der Waals surface area contributed by atoms with Gasteiger partial charge in [0.1, 0.15) is 18.2 Å². The van der Waals surface area contributed by atoms with Crippen molar-refractivity contribution in [2.24, 2.45) is 0 Å². The quantitative estimate of drug-likeness (QED) is 0.499. The van der Waals surface area contributed by atoms with Crippen LogP contribution < -0.4 is 4.74 Å². The van der Waals surface area contributed by atoms with Crippen LogP contribution in [0.2, 0.25) is 0 Å². The number of rotatable bonds is 5. The van der Waals surface area contributed by atoms with Crippen molar-refractivity contribution >= 4 is 11.3 Å². The number of hydrogen-bond donors (Lipinski definition) is 1. The number of imidazole rings is 1. The van der Waals surface area contributed by atoms with Crippen molar-refractivity contribution in [2.45, 2.75) is 13.5 Å². The number of ether oxygens (including phenoxy) is 1. The summed E-state index contributed by atoms with van der Waals surface area (Å²) in [6.07, 6.45) is 1.92. The first-order valence-corrected chi connectivity index (χ1v) is 9.48. The minimum Gasteiger partial charge on any atom is -0.489 e. The lowest BCUT2D eigenvalue weighted by molar-refractivity contribution is 0.304. The molecule has 2 heterocycles. The van der Waals surface area contributed by atoms with Gasteiger partial charge in [-0.2, -0.15) is 16.6 Å². The van der Waals surface area contributed by atoms with Crippen molar-refractivity contribution in [1.29, 1.82) is 5.26 Å². The zero-order chi connectivity index (χ0) is 18.6. The van der Waals surface area contributed by atoms with Gasteiger partial charge in [-0.3, -0.25) is 0 Å². The van der Waals surface area contributed by atoms with E-state index in [4.69, 9.17) is 4.74 Å². The summed E-state index contributed by atoms with van der Waals surface area (Å²) >= 11 is 1.65. The fourth-order valence-corrected chi connectivity index (χ4v) is 3.54. The number of aromatic amines is 1. The topological polar surface area (TPSA) is 61.7 Å². The Kier molecular flexibility index (Phi) is 4.73. The van der Waals surface area contributed by atoms with Gasteiger partial charge in [-0.1, -0.05) is 18.2 Å². The summed E-state index contributed by atoms with van der Waals surface area (Å²) in [5.41, 5.74) is 5.59. The van der Waals surface area contributed by atoms with Gasteiger partial charge in [0.25, 0.3) is 0 Å². The van der Waals surface area contributed by atoms with Gasteiger partial charge >= 0.3 is 0 Å². The van der Waals surface area contributed by atoms with E-state index in [9.17, 15) is 5.26 Å². The highest BCUT2D eigenvalue weighted by atomic mass is 32.1. The molecule has 0 saturated carbocycles. The van der Waals surface area contributed by atoms with Crippen LogP contribution in [0.4, 0.5) is 0 Å². The van der Waals surface area contributed by atoms with Crippen LogP contribution >= 0.6 is 11.3 Å². The lowest BCUT2D eigenvalue weighted by Crippen LogP contribution is -1.99. The van der Waals surface area contributed by atoms with Crippen molar-refractivity contribution in [3.05, 3.63) is 82.2 Å². The van der Waals surface area contributed by atoms with Gasteiger partial charge in [0.05, 0.1) is 17.3 Å². The van der Waals surface area contributed by atoms with Crippen LogP contribution in [0.5, 0.6) is 5.75 Å². The molecule has 4 nitrogen and oxygen atoms in total. The molecule has 0 aliphatic carbocycles. The summed E-state index contributed by atoms with van der Waals surface area (Å²) < 4.78 is 5.94. The Hall–Kier alpha value is -3.36. The van der Waals surface area contributed by atoms with Crippen LogP contribution in [0.25, 0.3) is 22.6 Å². The summed E-state index contributed by atoms with van der Waals surface area (Å²) in [7, 11) is 0. The largest absolute Gasteiger partial charge is 0.489 e. The summed E-state index contributed by atoms with van der Waals surface area (Å²) in [5.74, 6) is 1.68. The summed E-state index contributed by atoms with van der Waals surface area (Å²) in [6, 6.07) is 17.8. The molecule has 0 bridgehead atoms. The Morgan fingerprint density at radius 1 is 1.15 bits per heavy atom. The third-order valence-corrected chi connectivity index (χ3v) is 5.05. The molecule has 1 N–H and O–H groups in total. The Bertz CT molecular complexity index is 1110. The number of hydrogen-bond acceptors (Lipinski definition) is 4. The van der Waals surface area contributed by atoms with Crippen molar-refractivity contribution in [3.63, 3.8) is 0 Å². The third-order valence-electron chi connectivity index (χ3n) is 4.36. The number of aryl methyl sites for hydroxylation is 1. The standard InChI is InChI=1S/C22H17N3OS/c1-15-10-16(20-12-24-22(25-20)19-8-9-27-14-19)6-7-21(15)26-13-18-5-3-2-4-17(18)11-23/h2-10,12,14H,13H2,1H3,(H,24,25). The summed E-state index contributed by atoms with van der Waals surface area (Å²) in [5, 5.41) is 13.3. The molecule has 0 aliphatic heterocycles. The number of benzene rings is 2. The van der Waals surface area contributed by atoms with Crippen LogP contribution in [0.15, 0.2) is 65.5 Å². The molecule has 27 heavy (non-hydrogen) atoms. The predicted molar refractivity (Wildman–Crippen MR) is 108 cm³/mol. The highest BCUT2D eigenvalue weighted by molar-refractivity contribution is 7.08. The Balaban J connectivity index is 1.52. The summed E-state index contributed by atoms with van der Waals surface area (Å²) in [6.45, 7) is 2.39. The number of aromatic nitrogens is 2. The number of thiophene rings is 1. The molecule has 2 aromatic carbocycles. The first kappa shape index (κ1) is 17.1. The Morgan fingerprint density at radius 2 is 2.04 bits per heavy atom. The van der Waals surface area contributed by atoms with E-state index in [1.54, 1.807) is 17.4 Å². The molecule has 4 aromatic rings. The third kappa shape index (κ3) is 3.62. The van der Waals surface area contributed by atoms with Crippen molar-refractivity contribution in [3.8, 4) is 34.5 Å². The smallest absolute Gasteiger partial charge is 0.138 e. The van der Waals surface area contributed by atoms with Crippen LogP contribution in [0.3, 0.4) is 0 Å². The molecule has 0 saturated heterocycles. The fourth-order valence-electron chi connectivity index (χ4n) is 2.90. The molecule has 132 valence electrons. The van der Waals surface area contributed by atoms with E-state index < -0.39 is 0 Å². The van der Waals surface area contributed by atoms with E-state index >= 15 is 0 Å². The van der Waals surface area contributed by atoms with E-state index in [-0.39, 0.29) is 0 Å². The van der Waals surface area contributed by atoms with E-state index in [2.05, 4.69) is 33.5 Å². The summed E-state index contributed by atoms with van der Waals surface area (Å²) in [4.78, 5) is 7.92. The fraction of sp³-hybridized carbons (Fsp3) is 0.0909. The highest BCUT2D eigenvalue weighted by Gasteiger charge is 2.09. The maximum absolute atomic E-state index is 9.19. The number of H-pyrrole nitrogens is 1. The average Bonchev–Trinajstić information content (AvgIpc) is 3.39. The molecular formula is C22H17N3OS. The van der Waals surface area contributed by atoms with Crippen molar-refractivity contribution < 1.29 is 4.74 Å². The molecule has 0 spiro atoms. The SMILES string of the molecule is Cc1cc(-c2c[nH]c(-c3ccsc3)n2)ccc1OCc1ccccc1C#N. The number of nitriles is 1. The predicted octanol–water partition coefficient (Wildman–Crippen LogP) is 5.56. The number of nitrogens with zero attached hydrogens (tertiary/aromatic N) is 2. The molecule has 0 amide bonds. The van der Waals surface area contributed by atoms with Gasteiger partial charge in [0, 0.05) is 28.3 Å².